The lowest BCUT2D eigenvalue weighted by Gasteiger charge is -2.43. The highest BCUT2D eigenvalue weighted by Gasteiger charge is 2.51. The highest BCUT2D eigenvalue weighted by molar-refractivity contribution is 9.10. The van der Waals surface area contributed by atoms with Crippen LogP contribution in [-0.4, -0.2) is 34.7 Å². The molecule has 3 heterocycles. The number of piperidine rings is 1. The summed E-state index contributed by atoms with van der Waals surface area (Å²) in [4.78, 5) is 5.65. The number of hydrogen-bond donors (Lipinski definition) is 0. The van der Waals surface area contributed by atoms with Crippen molar-refractivity contribution in [3.63, 3.8) is 0 Å². The van der Waals surface area contributed by atoms with Gasteiger partial charge in [-0.1, -0.05) is 0 Å². The molecular formula is C15H15BrF3N3. The van der Waals surface area contributed by atoms with E-state index >= 15 is 0 Å². The number of nitriles is 1. The molecule has 22 heavy (non-hydrogen) atoms. The Bertz CT molecular complexity index is 597. The molecular weight excluding hydrogens is 359 g/mol. The minimum absolute atomic E-state index is 0.181. The van der Waals surface area contributed by atoms with Gasteiger partial charge >= 0.3 is 6.18 Å². The lowest BCUT2D eigenvalue weighted by Crippen LogP contribution is -2.51. The standard InChI is InChI=1S/C15H15BrF3N3/c16-11-3-10(6-21-7-11)14(8-20)4-12-1-2-13(5-14)22(12)9-15(17,18)19/h3,6-7,12-13H,1-2,4-5,9H2. The average molecular weight is 374 g/mol. The molecule has 0 spiro atoms. The van der Waals surface area contributed by atoms with Crippen LogP contribution >= 0.6 is 15.9 Å². The summed E-state index contributed by atoms with van der Waals surface area (Å²) >= 11 is 3.35. The van der Waals surface area contributed by atoms with Gasteiger partial charge in [-0.3, -0.25) is 9.88 Å². The molecule has 2 saturated heterocycles. The summed E-state index contributed by atoms with van der Waals surface area (Å²) in [5.74, 6) is 0. The molecule has 3 rings (SSSR count). The van der Waals surface area contributed by atoms with Gasteiger partial charge in [-0.25, -0.2) is 0 Å². The molecule has 2 aliphatic heterocycles. The first-order valence-electron chi connectivity index (χ1n) is 7.18. The summed E-state index contributed by atoms with van der Waals surface area (Å²) in [6, 6.07) is 3.87. The molecule has 0 aliphatic carbocycles. The van der Waals surface area contributed by atoms with E-state index in [4.69, 9.17) is 0 Å². The van der Waals surface area contributed by atoms with Crippen molar-refractivity contribution < 1.29 is 13.2 Å². The Morgan fingerprint density at radius 1 is 1.32 bits per heavy atom. The fraction of sp³-hybridized carbons (Fsp3) is 0.600. The van der Waals surface area contributed by atoms with Gasteiger partial charge in [0.25, 0.3) is 0 Å². The topological polar surface area (TPSA) is 39.9 Å². The fourth-order valence-electron chi connectivity index (χ4n) is 3.87. The quantitative estimate of drug-likeness (QED) is 0.791. The van der Waals surface area contributed by atoms with Crippen LogP contribution in [0.1, 0.15) is 31.2 Å². The maximum absolute atomic E-state index is 12.7. The molecule has 0 amide bonds. The van der Waals surface area contributed by atoms with Crippen molar-refractivity contribution in [2.75, 3.05) is 6.54 Å². The van der Waals surface area contributed by atoms with Crippen molar-refractivity contribution in [3.05, 3.63) is 28.5 Å². The van der Waals surface area contributed by atoms with Gasteiger partial charge < -0.3 is 0 Å². The molecule has 1 aromatic rings. The smallest absolute Gasteiger partial charge is 0.289 e. The lowest BCUT2D eigenvalue weighted by molar-refractivity contribution is -0.156. The number of alkyl halides is 3. The second-order valence-electron chi connectivity index (χ2n) is 6.17. The number of nitrogens with zero attached hydrogens (tertiary/aromatic N) is 3. The van der Waals surface area contributed by atoms with Gasteiger partial charge in [-0.2, -0.15) is 18.4 Å². The van der Waals surface area contributed by atoms with Gasteiger partial charge in [0.1, 0.15) is 0 Å². The summed E-state index contributed by atoms with van der Waals surface area (Å²) in [5, 5.41) is 9.73. The normalized spacial score (nSPS) is 32.0. The molecule has 0 radical (unpaired) electrons. The zero-order chi connectivity index (χ0) is 16.0. The summed E-state index contributed by atoms with van der Waals surface area (Å²) < 4.78 is 39.0. The molecule has 0 N–H and O–H groups in total. The Balaban J connectivity index is 1.88. The predicted octanol–water partition coefficient (Wildman–Crippen LogP) is 3.79. The van der Waals surface area contributed by atoms with E-state index < -0.39 is 18.1 Å². The number of halogens is 4. The third-order valence-electron chi connectivity index (χ3n) is 4.77. The minimum Gasteiger partial charge on any atom is -0.289 e. The Morgan fingerprint density at radius 2 is 1.95 bits per heavy atom. The molecule has 3 nitrogen and oxygen atoms in total. The molecule has 2 aliphatic rings. The first-order chi connectivity index (χ1) is 10.3. The Kier molecular flexibility index (Phi) is 3.94. The molecule has 0 saturated carbocycles. The number of fused-ring (bicyclic) bond motifs is 2. The van der Waals surface area contributed by atoms with Gasteiger partial charge in [0.15, 0.2) is 0 Å². The van der Waals surface area contributed by atoms with Crippen molar-refractivity contribution in [1.82, 2.24) is 9.88 Å². The third kappa shape index (κ3) is 2.86. The average Bonchev–Trinajstić information content (AvgIpc) is 2.69. The molecule has 2 bridgehead atoms. The second-order valence-corrected chi connectivity index (χ2v) is 7.08. The molecule has 2 unspecified atom stereocenters. The molecule has 2 atom stereocenters. The highest BCUT2D eigenvalue weighted by Crippen LogP contribution is 2.47. The predicted molar refractivity (Wildman–Crippen MR) is 78.0 cm³/mol. The maximum Gasteiger partial charge on any atom is 0.401 e. The number of rotatable bonds is 2. The van der Waals surface area contributed by atoms with Crippen LogP contribution in [0, 0.1) is 11.3 Å². The first-order valence-corrected chi connectivity index (χ1v) is 7.97. The van der Waals surface area contributed by atoms with Crippen LogP contribution in [0.25, 0.3) is 0 Å². The number of pyridine rings is 1. The van der Waals surface area contributed by atoms with Crippen LogP contribution in [0.5, 0.6) is 0 Å². The van der Waals surface area contributed by atoms with E-state index in [0.717, 1.165) is 22.9 Å². The Morgan fingerprint density at radius 3 is 2.45 bits per heavy atom. The zero-order valence-electron chi connectivity index (χ0n) is 11.8. The van der Waals surface area contributed by atoms with Crippen LogP contribution in [0.15, 0.2) is 22.9 Å². The van der Waals surface area contributed by atoms with Gasteiger partial charge in [-0.15, -0.1) is 0 Å². The van der Waals surface area contributed by atoms with Crippen molar-refractivity contribution in [2.45, 2.75) is 49.4 Å². The van der Waals surface area contributed by atoms with Crippen LogP contribution in [-0.2, 0) is 5.41 Å². The van der Waals surface area contributed by atoms with Gasteiger partial charge in [0.2, 0.25) is 0 Å². The van der Waals surface area contributed by atoms with E-state index in [9.17, 15) is 18.4 Å². The number of hydrogen-bond acceptors (Lipinski definition) is 3. The van der Waals surface area contributed by atoms with Crippen molar-refractivity contribution in [3.8, 4) is 6.07 Å². The van der Waals surface area contributed by atoms with Crippen molar-refractivity contribution in [1.29, 1.82) is 5.26 Å². The van der Waals surface area contributed by atoms with Crippen molar-refractivity contribution >= 4 is 15.9 Å². The SMILES string of the molecule is N#CC1(c2cncc(Br)c2)CC2CCC(C1)N2CC(F)(F)F. The second kappa shape index (κ2) is 5.50. The monoisotopic (exact) mass is 373 g/mol. The van der Waals surface area contributed by atoms with E-state index in [1.807, 2.05) is 6.07 Å². The summed E-state index contributed by atoms with van der Waals surface area (Å²) in [6.07, 6.45) is 1.44. The Labute approximate surface area is 135 Å². The fourth-order valence-corrected chi connectivity index (χ4v) is 4.24. The van der Waals surface area contributed by atoms with E-state index in [0.29, 0.717) is 12.8 Å². The molecule has 118 valence electrons. The molecule has 0 aromatic carbocycles. The van der Waals surface area contributed by atoms with Crippen molar-refractivity contribution in [2.24, 2.45) is 0 Å². The van der Waals surface area contributed by atoms with E-state index in [-0.39, 0.29) is 12.1 Å². The van der Waals surface area contributed by atoms with Crippen LogP contribution < -0.4 is 0 Å². The molecule has 7 heteroatoms. The summed E-state index contributed by atoms with van der Waals surface area (Å²) in [5.41, 5.74) is 0.0676. The van der Waals surface area contributed by atoms with E-state index in [2.05, 4.69) is 27.0 Å². The largest absolute Gasteiger partial charge is 0.401 e. The first kappa shape index (κ1) is 15.8. The highest BCUT2D eigenvalue weighted by atomic mass is 79.9. The number of aromatic nitrogens is 1. The van der Waals surface area contributed by atoms with Gasteiger partial charge in [0, 0.05) is 29.0 Å². The van der Waals surface area contributed by atoms with Crippen LogP contribution in [0.2, 0.25) is 0 Å². The van der Waals surface area contributed by atoms with Gasteiger partial charge in [-0.05, 0) is 53.2 Å². The zero-order valence-corrected chi connectivity index (χ0v) is 13.4. The summed E-state index contributed by atoms with van der Waals surface area (Å²) in [7, 11) is 0. The molecule has 2 fully saturated rings. The van der Waals surface area contributed by atoms with E-state index in [1.54, 1.807) is 17.3 Å². The third-order valence-corrected chi connectivity index (χ3v) is 5.21. The lowest BCUT2D eigenvalue weighted by atomic mass is 9.71. The van der Waals surface area contributed by atoms with E-state index in [1.165, 1.54) is 0 Å². The Hall–Kier alpha value is -1.13. The van der Waals surface area contributed by atoms with Crippen LogP contribution in [0.3, 0.4) is 0 Å². The maximum atomic E-state index is 12.7. The summed E-state index contributed by atoms with van der Waals surface area (Å²) in [6.45, 7) is -0.874. The van der Waals surface area contributed by atoms with Gasteiger partial charge in [0.05, 0.1) is 18.0 Å². The van der Waals surface area contributed by atoms with Crippen LogP contribution in [0.4, 0.5) is 13.2 Å². The molecule has 1 aromatic heterocycles. The minimum atomic E-state index is -4.19.